The monoisotopic (exact) mass is 450 g/mol. The second-order valence-electron chi connectivity index (χ2n) is 7.24. The van der Waals surface area contributed by atoms with E-state index in [2.05, 4.69) is 26.7 Å². The Balaban J connectivity index is 1.52. The molecule has 2 aromatic heterocycles. The van der Waals surface area contributed by atoms with Crippen molar-refractivity contribution in [3.8, 4) is 22.2 Å². The maximum atomic E-state index is 13.1. The Morgan fingerprint density at radius 3 is 2.83 bits per heavy atom. The van der Waals surface area contributed by atoms with E-state index in [9.17, 15) is 12.8 Å². The number of thiophene rings is 1. The van der Waals surface area contributed by atoms with Crippen molar-refractivity contribution in [1.82, 2.24) is 19.8 Å². The van der Waals surface area contributed by atoms with Crippen LogP contribution in [0.1, 0.15) is 24.6 Å². The lowest BCUT2D eigenvalue weighted by atomic mass is 10.2. The number of nitrogens with one attached hydrogen (secondary N) is 1. The minimum absolute atomic E-state index is 0.227. The predicted octanol–water partition coefficient (Wildman–Crippen LogP) is 3.68. The molecule has 0 amide bonds. The maximum absolute atomic E-state index is 13.1. The van der Waals surface area contributed by atoms with Crippen LogP contribution in [0.25, 0.3) is 22.2 Å². The lowest BCUT2D eigenvalue weighted by molar-refractivity contribution is 0.268. The molecule has 1 aliphatic heterocycles. The van der Waals surface area contributed by atoms with Gasteiger partial charge in [-0.15, -0.1) is 11.3 Å². The fourth-order valence-corrected chi connectivity index (χ4v) is 6.29. The molecule has 1 aliphatic rings. The van der Waals surface area contributed by atoms with E-state index in [0.717, 1.165) is 25.9 Å². The second-order valence-corrected chi connectivity index (χ2v) is 10.2. The molecule has 0 bridgehead atoms. The van der Waals surface area contributed by atoms with Crippen LogP contribution in [0, 0.1) is 12.7 Å². The summed E-state index contributed by atoms with van der Waals surface area (Å²) in [6, 6.07) is 7.56. The molecule has 0 aliphatic carbocycles. The van der Waals surface area contributed by atoms with Crippen LogP contribution < -0.4 is 4.72 Å². The van der Waals surface area contributed by atoms with Crippen LogP contribution in [0.15, 0.2) is 39.8 Å². The summed E-state index contributed by atoms with van der Waals surface area (Å²) in [5.74, 6) is 0.203. The molecule has 1 fully saturated rings. The highest BCUT2D eigenvalue weighted by Crippen LogP contribution is 2.33. The fraction of sp³-hybridized carbons (Fsp3) is 0.400. The highest BCUT2D eigenvalue weighted by atomic mass is 32.2. The molecular formula is C20H23FN4O3S2. The van der Waals surface area contributed by atoms with Gasteiger partial charge in [0.25, 0.3) is 5.89 Å². The first-order valence-electron chi connectivity index (χ1n) is 9.81. The maximum Gasteiger partial charge on any atom is 0.268 e. The van der Waals surface area contributed by atoms with Gasteiger partial charge < -0.3 is 4.52 Å². The normalized spacial score (nSPS) is 17.6. The smallest absolute Gasteiger partial charge is 0.268 e. The van der Waals surface area contributed by atoms with Crippen molar-refractivity contribution < 1.29 is 17.3 Å². The summed E-state index contributed by atoms with van der Waals surface area (Å²) in [6.45, 7) is 6.18. The highest BCUT2D eigenvalue weighted by Gasteiger charge is 2.27. The van der Waals surface area contributed by atoms with Crippen molar-refractivity contribution in [3.63, 3.8) is 0 Å². The Hall–Kier alpha value is -2.14. The summed E-state index contributed by atoms with van der Waals surface area (Å²) in [4.78, 5) is 8.08. The molecule has 0 radical (unpaired) electrons. The molecule has 0 spiro atoms. The molecule has 1 atom stereocenters. The number of hydrogen-bond donors (Lipinski definition) is 1. The van der Waals surface area contributed by atoms with Crippen LogP contribution in [0.2, 0.25) is 0 Å². The van der Waals surface area contributed by atoms with Crippen molar-refractivity contribution in [2.24, 2.45) is 0 Å². The fourth-order valence-electron chi connectivity index (χ4n) is 3.70. The van der Waals surface area contributed by atoms with Gasteiger partial charge in [-0.2, -0.15) is 4.98 Å². The average Bonchev–Trinajstić information content (AvgIpc) is 3.46. The lowest BCUT2D eigenvalue weighted by Gasteiger charge is -2.22. The Labute approximate surface area is 179 Å². The standard InChI is InChI=1S/C20H23FN4O3S2/c1-3-25-10-4-5-16(25)12-22-30(26,27)18-11-17(29-13(18)2)20-23-19(24-28-20)14-6-8-15(21)9-7-14/h6-9,11,16,22H,3-5,10,12H2,1-2H3/t16-/m0/s1. The molecule has 10 heteroatoms. The van der Waals surface area contributed by atoms with Gasteiger partial charge in [0.05, 0.1) is 9.77 Å². The highest BCUT2D eigenvalue weighted by molar-refractivity contribution is 7.89. The number of benzene rings is 1. The number of aromatic nitrogens is 2. The van der Waals surface area contributed by atoms with Crippen LogP contribution in [0.5, 0.6) is 0 Å². The van der Waals surface area contributed by atoms with Gasteiger partial charge in [-0.3, -0.25) is 4.90 Å². The first-order valence-corrected chi connectivity index (χ1v) is 12.1. The number of likely N-dealkylation sites (N-methyl/N-ethyl adjacent to an activating group) is 1. The number of sulfonamides is 1. The number of likely N-dealkylation sites (tertiary alicyclic amines) is 1. The summed E-state index contributed by atoms with van der Waals surface area (Å²) in [5.41, 5.74) is 0.617. The van der Waals surface area contributed by atoms with Crippen molar-refractivity contribution in [1.29, 1.82) is 0 Å². The zero-order valence-corrected chi connectivity index (χ0v) is 18.4. The molecule has 3 heterocycles. The van der Waals surface area contributed by atoms with Crippen molar-refractivity contribution in [3.05, 3.63) is 41.0 Å². The van der Waals surface area contributed by atoms with Crippen LogP contribution >= 0.6 is 11.3 Å². The van der Waals surface area contributed by atoms with Crippen molar-refractivity contribution in [2.75, 3.05) is 19.6 Å². The van der Waals surface area contributed by atoms with Gasteiger partial charge in [0, 0.05) is 23.0 Å². The molecule has 30 heavy (non-hydrogen) atoms. The first-order chi connectivity index (χ1) is 14.4. The van der Waals surface area contributed by atoms with Gasteiger partial charge in [-0.05, 0) is 63.2 Å². The van der Waals surface area contributed by atoms with Crippen LogP contribution in [-0.4, -0.2) is 49.1 Å². The third kappa shape index (κ3) is 4.31. The number of halogens is 1. The minimum Gasteiger partial charge on any atom is -0.333 e. The summed E-state index contributed by atoms with van der Waals surface area (Å²) >= 11 is 1.28. The Bertz CT molecular complexity index is 1130. The van der Waals surface area contributed by atoms with Gasteiger partial charge in [0.1, 0.15) is 5.82 Å². The zero-order valence-electron chi connectivity index (χ0n) is 16.8. The van der Waals surface area contributed by atoms with Gasteiger partial charge in [0.15, 0.2) is 0 Å². The van der Waals surface area contributed by atoms with E-state index in [1.807, 2.05) is 0 Å². The van der Waals surface area contributed by atoms with E-state index in [4.69, 9.17) is 4.52 Å². The van der Waals surface area contributed by atoms with Crippen molar-refractivity contribution in [2.45, 2.75) is 37.6 Å². The van der Waals surface area contributed by atoms with Crippen LogP contribution in [0.4, 0.5) is 4.39 Å². The predicted molar refractivity (Wildman–Crippen MR) is 113 cm³/mol. The SMILES string of the molecule is CCN1CCC[C@H]1CNS(=O)(=O)c1cc(-c2nc(-c3ccc(F)cc3)no2)sc1C. The number of rotatable bonds is 7. The van der Waals surface area contributed by atoms with E-state index in [1.54, 1.807) is 25.1 Å². The van der Waals surface area contributed by atoms with E-state index in [0.29, 0.717) is 27.7 Å². The van der Waals surface area contributed by atoms with Gasteiger partial charge in [-0.25, -0.2) is 17.5 Å². The molecular weight excluding hydrogens is 427 g/mol. The molecule has 7 nitrogen and oxygen atoms in total. The van der Waals surface area contributed by atoms with Gasteiger partial charge in [-0.1, -0.05) is 12.1 Å². The topological polar surface area (TPSA) is 88.3 Å². The number of nitrogens with zero attached hydrogens (tertiary/aromatic N) is 3. The first kappa shape index (κ1) is 21.1. The number of aryl methyl sites for hydroxylation is 1. The van der Waals surface area contributed by atoms with Gasteiger partial charge >= 0.3 is 0 Å². The number of hydrogen-bond acceptors (Lipinski definition) is 7. The summed E-state index contributed by atoms with van der Waals surface area (Å²) in [7, 11) is -3.65. The lowest BCUT2D eigenvalue weighted by Crippen LogP contribution is -2.40. The minimum atomic E-state index is -3.65. The quantitative estimate of drug-likeness (QED) is 0.591. The second kappa shape index (κ2) is 8.54. The van der Waals surface area contributed by atoms with E-state index in [1.165, 1.54) is 23.5 Å². The van der Waals surface area contributed by atoms with Crippen molar-refractivity contribution >= 4 is 21.4 Å². The Morgan fingerprint density at radius 2 is 2.10 bits per heavy atom. The van der Waals surface area contributed by atoms with Gasteiger partial charge in [0.2, 0.25) is 15.8 Å². The molecule has 1 N–H and O–H groups in total. The third-order valence-corrected chi connectivity index (χ3v) is 8.03. The summed E-state index contributed by atoms with van der Waals surface area (Å²) in [5, 5.41) is 3.93. The molecule has 160 valence electrons. The molecule has 1 aromatic carbocycles. The Kier molecular flexibility index (Phi) is 6.01. The molecule has 0 unspecified atom stereocenters. The molecule has 0 saturated carbocycles. The third-order valence-electron chi connectivity index (χ3n) is 5.32. The largest absolute Gasteiger partial charge is 0.333 e. The summed E-state index contributed by atoms with van der Waals surface area (Å²) < 4.78 is 47.0. The Morgan fingerprint density at radius 1 is 1.33 bits per heavy atom. The van der Waals surface area contributed by atoms with Crippen LogP contribution in [-0.2, 0) is 10.0 Å². The van der Waals surface area contributed by atoms with E-state index < -0.39 is 10.0 Å². The van der Waals surface area contributed by atoms with E-state index in [-0.39, 0.29) is 22.6 Å². The molecule has 1 saturated heterocycles. The zero-order chi connectivity index (χ0) is 21.3. The van der Waals surface area contributed by atoms with Crippen LogP contribution in [0.3, 0.4) is 0 Å². The molecule has 3 aromatic rings. The average molecular weight is 451 g/mol. The molecule has 4 rings (SSSR count). The van der Waals surface area contributed by atoms with E-state index >= 15 is 0 Å². The summed E-state index contributed by atoms with van der Waals surface area (Å²) in [6.07, 6.45) is 2.09.